The zero-order valence-corrected chi connectivity index (χ0v) is 15.2. The van der Waals surface area contributed by atoms with Crippen molar-refractivity contribution in [1.29, 1.82) is 0 Å². The van der Waals surface area contributed by atoms with E-state index in [0.717, 1.165) is 30.8 Å². The number of pyridine rings is 1. The van der Waals surface area contributed by atoms with Crippen molar-refractivity contribution in [2.45, 2.75) is 34.1 Å². The third-order valence-corrected chi connectivity index (χ3v) is 5.30. The molecule has 1 aromatic heterocycles. The van der Waals surface area contributed by atoms with Crippen LogP contribution in [0.15, 0.2) is 24.3 Å². The molecule has 2 heterocycles. The maximum absolute atomic E-state index is 12.0. The van der Waals surface area contributed by atoms with E-state index in [1.54, 1.807) is 0 Å². The summed E-state index contributed by atoms with van der Waals surface area (Å²) in [5, 5.41) is 1.21. The maximum Gasteiger partial charge on any atom is 0.309 e. The first-order chi connectivity index (χ1) is 11.3. The molecular weight excluding hydrogens is 300 g/mol. The van der Waals surface area contributed by atoms with Crippen LogP contribution in [0, 0.1) is 25.2 Å². The van der Waals surface area contributed by atoms with Gasteiger partial charge in [-0.15, -0.1) is 0 Å². The third kappa shape index (κ3) is 2.85. The molecule has 1 atom stereocenters. The fourth-order valence-electron chi connectivity index (χ4n) is 3.79. The third-order valence-electron chi connectivity index (χ3n) is 5.30. The van der Waals surface area contributed by atoms with Crippen molar-refractivity contribution in [3.8, 4) is 0 Å². The Morgan fingerprint density at radius 3 is 2.58 bits per heavy atom. The average Bonchev–Trinajstić information content (AvgIpc) is 2.56. The van der Waals surface area contributed by atoms with E-state index in [4.69, 9.17) is 9.72 Å². The molecule has 1 saturated heterocycles. The lowest BCUT2D eigenvalue weighted by molar-refractivity contribution is -0.150. The van der Waals surface area contributed by atoms with E-state index in [0.29, 0.717) is 0 Å². The number of benzene rings is 1. The summed E-state index contributed by atoms with van der Waals surface area (Å²) in [7, 11) is 1.47. The van der Waals surface area contributed by atoms with Gasteiger partial charge in [0, 0.05) is 18.5 Å². The van der Waals surface area contributed by atoms with Crippen LogP contribution in [-0.4, -0.2) is 31.2 Å². The number of fused-ring (bicyclic) bond motifs is 1. The molecule has 1 unspecified atom stereocenters. The number of carbonyl (C=O) groups excluding carboxylic acids is 1. The van der Waals surface area contributed by atoms with Gasteiger partial charge in [-0.05, 0) is 48.9 Å². The van der Waals surface area contributed by atoms with Crippen LogP contribution in [0.2, 0.25) is 0 Å². The fourth-order valence-corrected chi connectivity index (χ4v) is 3.79. The van der Waals surface area contributed by atoms with Gasteiger partial charge in [-0.1, -0.05) is 26.0 Å². The number of esters is 1. The minimum absolute atomic E-state index is 0.0526. The number of nitrogens with zero attached hydrogens (tertiary/aromatic N) is 2. The molecular formula is C20H26N2O2. The summed E-state index contributed by atoms with van der Waals surface area (Å²) >= 11 is 0. The highest BCUT2D eigenvalue weighted by Gasteiger charge is 2.41. The minimum Gasteiger partial charge on any atom is -0.469 e. The quantitative estimate of drug-likeness (QED) is 0.786. The molecule has 1 fully saturated rings. The van der Waals surface area contributed by atoms with Gasteiger partial charge in [-0.3, -0.25) is 4.79 Å². The first-order valence-corrected chi connectivity index (χ1v) is 8.53. The lowest BCUT2D eigenvalue weighted by Gasteiger charge is -2.43. The highest BCUT2D eigenvalue weighted by Crippen LogP contribution is 2.37. The summed E-state index contributed by atoms with van der Waals surface area (Å²) in [5.74, 6) is 0.841. The van der Waals surface area contributed by atoms with E-state index >= 15 is 0 Å². The van der Waals surface area contributed by atoms with Gasteiger partial charge in [0.1, 0.15) is 5.82 Å². The highest BCUT2D eigenvalue weighted by molar-refractivity contribution is 5.86. The topological polar surface area (TPSA) is 42.4 Å². The minimum atomic E-state index is -0.135. The highest BCUT2D eigenvalue weighted by atomic mass is 16.5. The van der Waals surface area contributed by atoms with E-state index in [1.807, 2.05) is 0 Å². The Hall–Kier alpha value is -2.10. The Morgan fingerprint density at radius 2 is 1.92 bits per heavy atom. The molecule has 0 N–H and O–H groups in total. The monoisotopic (exact) mass is 326 g/mol. The summed E-state index contributed by atoms with van der Waals surface area (Å²) in [5.41, 5.74) is 3.38. The Kier molecular flexibility index (Phi) is 4.24. The summed E-state index contributed by atoms with van der Waals surface area (Å²) in [4.78, 5) is 19.2. The summed E-state index contributed by atoms with van der Waals surface area (Å²) < 4.78 is 4.98. The van der Waals surface area contributed by atoms with Gasteiger partial charge < -0.3 is 9.64 Å². The largest absolute Gasteiger partial charge is 0.469 e. The van der Waals surface area contributed by atoms with Crippen molar-refractivity contribution in [3.63, 3.8) is 0 Å². The number of hydrogen-bond donors (Lipinski definition) is 0. The first kappa shape index (κ1) is 16.7. The second-order valence-electron chi connectivity index (χ2n) is 7.54. The molecule has 4 nitrogen and oxygen atoms in total. The van der Waals surface area contributed by atoms with Crippen LogP contribution in [0.5, 0.6) is 0 Å². The zero-order valence-electron chi connectivity index (χ0n) is 15.2. The molecule has 24 heavy (non-hydrogen) atoms. The van der Waals surface area contributed by atoms with Gasteiger partial charge in [-0.25, -0.2) is 4.98 Å². The van der Waals surface area contributed by atoms with Crippen LogP contribution in [0.3, 0.4) is 0 Å². The molecule has 0 radical (unpaired) electrons. The number of anilines is 1. The van der Waals surface area contributed by atoms with Crippen molar-refractivity contribution in [1.82, 2.24) is 4.98 Å². The number of aryl methyl sites for hydroxylation is 2. The van der Waals surface area contributed by atoms with Gasteiger partial charge in [-0.2, -0.15) is 0 Å². The van der Waals surface area contributed by atoms with E-state index in [9.17, 15) is 4.79 Å². The number of carbonyl (C=O) groups is 1. The Labute approximate surface area is 143 Å². The molecule has 0 saturated carbocycles. The predicted octanol–water partition coefficient (Wildman–Crippen LogP) is 3.88. The molecule has 4 heteroatoms. The second kappa shape index (κ2) is 6.08. The zero-order chi connectivity index (χ0) is 17.5. The molecule has 2 aromatic rings. The van der Waals surface area contributed by atoms with E-state index < -0.39 is 0 Å². The van der Waals surface area contributed by atoms with Gasteiger partial charge in [0.2, 0.25) is 0 Å². The van der Waals surface area contributed by atoms with Crippen molar-refractivity contribution in [3.05, 3.63) is 35.4 Å². The fraction of sp³-hybridized carbons (Fsp3) is 0.500. The molecule has 0 bridgehead atoms. The number of hydrogen-bond acceptors (Lipinski definition) is 4. The van der Waals surface area contributed by atoms with Crippen LogP contribution in [0.25, 0.3) is 10.9 Å². The molecule has 0 aliphatic carbocycles. The lowest BCUT2D eigenvalue weighted by Crippen LogP contribution is -2.49. The molecule has 3 rings (SSSR count). The lowest BCUT2D eigenvalue weighted by atomic mass is 9.74. The maximum atomic E-state index is 12.0. The Bertz CT molecular complexity index is 783. The van der Waals surface area contributed by atoms with E-state index in [2.05, 4.69) is 56.9 Å². The average molecular weight is 326 g/mol. The van der Waals surface area contributed by atoms with Crippen LogP contribution >= 0.6 is 0 Å². The summed E-state index contributed by atoms with van der Waals surface area (Å²) in [6.07, 6.45) is 0.798. The number of aromatic nitrogens is 1. The van der Waals surface area contributed by atoms with Crippen molar-refractivity contribution >= 4 is 22.7 Å². The van der Waals surface area contributed by atoms with Crippen molar-refractivity contribution < 1.29 is 9.53 Å². The van der Waals surface area contributed by atoms with Gasteiger partial charge >= 0.3 is 5.97 Å². The molecule has 1 aliphatic heterocycles. The SMILES string of the molecule is COC(=O)C1CCN(c2ccc3c(C)ccc(C)c3n2)CC1(C)C. The summed E-state index contributed by atoms with van der Waals surface area (Å²) in [6, 6.07) is 8.54. The molecule has 1 aliphatic rings. The van der Waals surface area contributed by atoms with E-state index in [-0.39, 0.29) is 17.3 Å². The number of ether oxygens (including phenoxy) is 1. The number of piperidine rings is 1. The van der Waals surface area contributed by atoms with Crippen LogP contribution in [-0.2, 0) is 9.53 Å². The van der Waals surface area contributed by atoms with Crippen molar-refractivity contribution in [2.24, 2.45) is 11.3 Å². The first-order valence-electron chi connectivity index (χ1n) is 8.53. The molecule has 0 amide bonds. The summed E-state index contributed by atoms with van der Waals surface area (Å²) in [6.45, 7) is 10.1. The van der Waals surface area contributed by atoms with Crippen LogP contribution in [0.1, 0.15) is 31.4 Å². The number of methoxy groups -OCH3 is 1. The predicted molar refractivity (Wildman–Crippen MR) is 97.3 cm³/mol. The standard InChI is InChI=1S/C20H26N2O2/c1-13-6-7-14(2)18-15(13)8-9-17(21-18)22-11-10-16(19(23)24-5)20(3,4)12-22/h6-9,16H,10-12H2,1-5H3. The van der Waals surface area contributed by atoms with Crippen LogP contribution < -0.4 is 4.90 Å². The Morgan fingerprint density at radius 1 is 1.21 bits per heavy atom. The van der Waals surface area contributed by atoms with E-state index in [1.165, 1.54) is 23.6 Å². The molecule has 128 valence electrons. The molecule has 1 aromatic carbocycles. The van der Waals surface area contributed by atoms with Gasteiger partial charge in [0.05, 0.1) is 18.5 Å². The van der Waals surface area contributed by atoms with Gasteiger partial charge in [0.25, 0.3) is 0 Å². The van der Waals surface area contributed by atoms with Crippen LogP contribution in [0.4, 0.5) is 5.82 Å². The Balaban J connectivity index is 1.92. The smallest absolute Gasteiger partial charge is 0.309 e. The van der Waals surface area contributed by atoms with Gasteiger partial charge in [0.15, 0.2) is 0 Å². The molecule has 0 spiro atoms. The number of rotatable bonds is 2. The second-order valence-corrected chi connectivity index (χ2v) is 7.54. The van der Waals surface area contributed by atoms with Crippen molar-refractivity contribution in [2.75, 3.05) is 25.1 Å². The normalized spacial score (nSPS) is 20.2.